The molecule has 2 rings (SSSR count). The molecule has 2 nitrogen and oxygen atoms in total. The van der Waals surface area contributed by atoms with Crippen molar-refractivity contribution in [1.29, 1.82) is 0 Å². The number of rotatable bonds is 1. The Morgan fingerprint density at radius 3 is 2.62 bits per heavy atom. The van der Waals surface area contributed by atoms with E-state index in [-0.39, 0.29) is 16.7 Å². The number of H-pyrrole nitrogens is 1. The molecule has 0 radical (unpaired) electrons. The molecule has 1 aromatic carbocycles. The molecule has 0 bridgehead atoms. The van der Waals surface area contributed by atoms with E-state index in [1.54, 1.807) is 6.07 Å². The molecular weight excluding hydrogens is 205 g/mol. The average Bonchev–Trinajstić information content (AvgIpc) is 2.22. The summed E-state index contributed by atoms with van der Waals surface area (Å²) < 4.78 is 13.5. The molecule has 0 fully saturated rings. The first-order valence-electron chi connectivity index (χ1n) is 5.32. The SMILES string of the molecule is Cc1ccc(F)c2c(=O)cc(C(C)C)[nH]c12. The smallest absolute Gasteiger partial charge is 0.192 e. The number of aromatic amines is 1. The molecule has 0 aliphatic carbocycles. The Bertz CT molecular complexity index is 599. The number of benzene rings is 1. The summed E-state index contributed by atoms with van der Waals surface area (Å²) in [5.74, 6) is -0.239. The summed E-state index contributed by atoms with van der Waals surface area (Å²) in [5.41, 5.74) is 2.08. The lowest BCUT2D eigenvalue weighted by Gasteiger charge is -2.09. The Morgan fingerprint density at radius 1 is 1.31 bits per heavy atom. The van der Waals surface area contributed by atoms with E-state index in [2.05, 4.69) is 4.98 Å². The van der Waals surface area contributed by atoms with Crippen molar-refractivity contribution in [2.75, 3.05) is 0 Å². The quantitative estimate of drug-likeness (QED) is 0.785. The summed E-state index contributed by atoms with van der Waals surface area (Å²) in [5, 5.41) is 0.157. The summed E-state index contributed by atoms with van der Waals surface area (Å²) in [7, 11) is 0. The molecule has 84 valence electrons. The predicted molar refractivity (Wildman–Crippen MR) is 63.4 cm³/mol. The standard InChI is InChI=1S/C13H14FNO/c1-7(2)10-6-11(16)12-9(14)5-4-8(3)13(12)15-10/h4-7H,1-3H3,(H,15,16). The van der Waals surface area contributed by atoms with Gasteiger partial charge in [0.25, 0.3) is 0 Å². The highest BCUT2D eigenvalue weighted by Crippen LogP contribution is 2.19. The van der Waals surface area contributed by atoms with Crippen molar-refractivity contribution >= 4 is 10.9 Å². The number of aryl methyl sites for hydroxylation is 1. The minimum Gasteiger partial charge on any atom is -0.358 e. The highest BCUT2D eigenvalue weighted by atomic mass is 19.1. The van der Waals surface area contributed by atoms with E-state index < -0.39 is 5.82 Å². The summed E-state index contributed by atoms with van der Waals surface area (Å²) in [6.45, 7) is 5.85. The van der Waals surface area contributed by atoms with Crippen LogP contribution >= 0.6 is 0 Å². The lowest BCUT2D eigenvalue weighted by molar-refractivity contribution is 0.638. The van der Waals surface area contributed by atoms with Crippen LogP contribution in [0, 0.1) is 12.7 Å². The van der Waals surface area contributed by atoms with Gasteiger partial charge in [0.05, 0.1) is 10.9 Å². The molecular formula is C13H14FNO. The maximum atomic E-state index is 13.5. The Balaban J connectivity index is 2.92. The van der Waals surface area contributed by atoms with Crippen LogP contribution in [0.2, 0.25) is 0 Å². The minimum absolute atomic E-state index is 0.157. The van der Waals surface area contributed by atoms with Crippen LogP contribution < -0.4 is 5.43 Å². The molecule has 0 amide bonds. The van der Waals surface area contributed by atoms with Crippen LogP contribution in [0.3, 0.4) is 0 Å². The van der Waals surface area contributed by atoms with Crippen LogP contribution in [-0.4, -0.2) is 4.98 Å². The molecule has 0 aliphatic rings. The van der Waals surface area contributed by atoms with E-state index in [9.17, 15) is 9.18 Å². The number of aromatic nitrogens is 1. The molecule has 2 aromatic rings. The van der Waals surface area contributed by atoms with Crippen molar-refractivity contribution in [2.24, 2.45) is 0 Å². The number of halogens is 1. The van der Waals surface area contributed by atoms with Gasteiger partial charge in [0, 0.05) is 11.8 Å². The number of fused-ring (bicyclic) bond motifs is 1. The molecule has 0 unspecified atom stereocenters. The monoisotopic (exact) mass is 219 g/mol. The molecule has 0 atom stereocenters. The second-order valence-electron chi connectivity index (χ2n) is 4.36. The molecule has 1 N–H and O–H groups in total. The van der Waals surface area contributed by atoms with Crippen molar-refractivity contribution in [3.05, 3.63) is 45.5 Å². The molecule has 1 heterocycles. The number of hydrogen-bond acceptors (Lipinski definition) is 1. The Labute approximate surface area is 93.1 Å². The van der Waals surface area contributed by atoms with Gasteiger partial charge in [-0.15, -0.1) is 0 Å². The Hall–Kier alpha value is -1.64. The van der Waals surface area contributed by atoms with Crippen molar-refractivity contribution in [3.8, 4) is 0 Å². The molecule has 0 saturated carbocycles. The van der Waals surface area contributed by atoms with Gasteiger partial charge in [0.2, 0.25) is 0 Å². The van der Waals surface area contributed by atoms with Crippen LogP contribution in [0.1, 0.15) is 31.0 Å². The van der Waals surface area contributed by atoms with Crippen molar-refractivity contribution in [3.63, 3.8) is 0 Å². The van der Waals surface area contributed by atoms with Crippen LogP contribution in [0.5, 0.6) is 0 Å². The molecule has 1 aromatic heterocycles. The van der Waals surface area contributed by atoms with Crippen LogP contribution in [0.15, 0.2) is 23.0 Å². The Morgan fingerprint density at radius 2 is 2.00 bits per heavy atom. The van der Waals surface area contributed by atoms with Gasteiger partial charge in [-0.2, -0.15) is 0 Å². The summed E-state index contributed by atoms with van der Waals surface area (Å²) in [4.78, 5) is 15.0. The van der Waals surface area contributed by atoms with Gasteiger partial charge in [-0.05, 0) is 24.5 Å². The van der Waals surface area contributed by atoms with Crippen molar-refractivity contribution in [2.45, 2.75) is 26.7 Å². The van der Waals surface area contributed by atoms with Gasteiger partial charge in [0.15, 0.2) is 5.43 Å². The van der Waals surface area contributed by atoms with Gasteiger partial charge in [-0.25, -0.2) is 4.39 Å². The topological polar surface area (TPSA) is 32.9 Å². The first-order valence-corrected chi connectivity index (χ1v) is 5.32. The van der Waals surface area contributed by atoms with E-state index in [4.69, 9.17) is 0 Å². The van der Waals surface area contributed by atoms with E-state index >= 15 is 0 Å². The average molecular weight is 219 g/mol. The van der Waals surface area contributed by atoms with E-state index in [1.807, 2.05) is 20.8 Å². The predicted octanol–water partition coefficient (Wildman–Crippen LogP) is 3.10. The number of pyridine rings is 1. The molecule has 0 aliphatic heterocycles. The van der Waals surface area contributed by atoms with E-state index in [0.717, 1.165) is 11.3 Å². The highest BCUT2D eigenvalue weighted by Gasteiger charge is 2.10. The lowest BCUT2D eigenvalue weighted by atomic mass is 10.1. The summed E-state index contributed by atoms with van der Waals surface area (Å²) in [6.07, 6.45) is 0. The summed E-state index contributed by atoms with van der Waals surface area (Å²) in [6, 6.07) is 4.50. The zero-order valence-corrected chi connectivity index (χ0v) is 9.60. The lowest BCUT2D eigenvalue weighted by Crippen LogP contribution is -2.08. The second kappa shape index (κ2) is 3.74. The maximum Gasteiger partial charge on any atom is 0.192 e. The van der Waals surface area contributed by atoms with Crippen molar-refractivity contribution < 1.29 is 4.39 Å². The number of hydrogen-bond donors (Lipinski definition) is 1. The fourth-order valence-corrected chi connectivity index (χ4v) is 1.79. The third kappa shape index (κ3) is 1.62. The van der Waals surface area contributed by atoms with Crippen molar-refractivity contribution in [1.82, 2.24) is 4.98 Å². The minimum atomic E-state index is -0.461. The first-order chi connectivity index (χ1) is 7.50. The highest BCUT2D eigenvalue weighted by molar-refractivity contribution is 5.82. The van der Waals surface area contributed by atoms with Gasteiger partial charge < -0.3 is 4.98 Å². The van der Waals surface area contributed by atoms with E-state index in [0.29, 0.717) is 5.52 Å². The van der Waals surface area contributed by atoms with Crippen LogP contribution in [0.25, 0.3) is 10.9 Å². The van der Waals surface area contributed by atoms with E-state index in [1.165, 1.54) is 12.1 Å². The number of nitrogens with one attached hydrogen (secondary N) is 1. The zero-order chi connectivity index (χ0) is 11.9. The fourth-order valence-electron chi connectivity index (χ4n) is 1.79. The van der Waals surface area contributed by atoms with Crippen LogP contribution in [-0.2, 0) is 0 Å². The van der Waals surface area contributed by atoms with Gasteiger partial charge >= 0.3 is 0 Å². The third-order valence-electron chi connectivity index (χ3n) is 2.79. The fraction of sp³-hybridized carbons (Fsp3) is 0.308. The molecule has 0 spiro atoms. The van der Waals surface area contributed by atoms with Gasteiger partial charge in [0.1, 0.15) is 5.82 Å². The largest absolute Gasteiger partial charge is 0.358 e. The van der Waals surface area contributed by atoms with Gasteiger partial charge in [-0.1, -0.05) is 19.9 Å². The molecule has 3 heteroatoms. The zero-order valence-electron chi connectivity index (χ0n) is 9.60. The normalized spacial score (nSPS) is 11.3. The van der Waals surface area contributed by atoms with Gasteiger partial charge in [-0.3, -0.25) is 4.79 Å². The second-order valence-corrected chi connectivity index (χ2v) is 4.36. The third-order valence-corrected chi connectivity index (χ3v) is 2.79. The first kappa shape index (κ1) is 10.9. The Kier molecular flexibility index (Phi) is 2.54. The summed E-state index contributed by atoms with van der Waals surface area (Å²) >= 11 is 0. The van der Waals surface area contributed by atoms with Crippen LogP contribution in [0.4, 0.5) is 4.39 Å². The molecule has 16 heavy (non-hydrogen) atoms. The molecule has 0 saturated heterocycles. The maximum absolute atomic E-state index is 13.5.